The molecule has 0 atom stereocenters. The zero-order chi connectivity index (χ0) is 18.8. The highest BCUT2D eigenvalue weighted by molar-refractivity contribution is 6.47. The Hall–Kier alpha value is -3.49. The Labute approximate surface area is 149 Å². The van der Waals surface area contributed by atoms with Crippen LogP contribution in [0.4, 0.5) is 17.1 Å². The molecule has 9 nitrogen and oxygen atoms in total. The second-order valence-electron chi connectivity index (χ2n) is 5.93. The van der Waals surface area contributed by atoms with E-state index in [1.165, 1.54) is 17.1 Å². The predicted octanol–water partition coefficient (Wildman–Crippen LogP) is 2.08. The normalized spacial score (nSPS) is 17.0. The molecule has 1 aromatic rings. The van der Waals surface area contributed by atoms with Crippen molar-refractivity contribution in [3.8, 4) is 0 Å². The number of nitrogens with zero attached hydrogens (tertiary/aromatic N) is 5. The van der Waals surface area contributed by atoms with Crippen molar-refractivity contribution in [3.63, 3.8) is 0 Å². The fourth-order valence-electron chi connectivity index (χ4n) is 2.70. The van der Waals surface area contributed by atoms with Crippen molar-refractivity contribution in [1.82, 2.24) is 5.01 Å². The molecule has 2 N–H and O–H groups in total. The number of rotatable bonds is 4. The van der Waals surface area contributed by atoms with Crippen LogP contribution in [0.3, 0.4) is 0 Å². The minimum atomic E-state index is -0.501. The highest BCUT2D eigenvalue weighted by Crippen LogP contribution is 2.36. The number of hydrogen-bond donors (Lipinski definition) is 1. The summed E-state index contributed by atoms with van der Waals surface area (Å²) in [5, 5.41) is 16.6. The van der Waals surface area contributed by atoms with Gasteiger partial charge in [0.05, 0.1) is 22.8 Å². The van der Waals surface area contributed by atoms with Crippen LogP contribution in [0.5, 0.6) is 0 Å². The summed E-state index contributed by atoms with van der Waals surface area (Å²) < 4.78 is 0. The second kappa shape index (κ2) is 6.79. The molecule has 0 fully saturated rings. The van der Waals surface area contributed by atoms with Crippen molar-refractivity contribution in [2.45, 2.75) is 13.8 Å². The summed E-state index contributed by atoms with van der Waals surface area (Å²) >= 11 is 0. The third-order valence-electron chi connectivity index (χ3n) is 3.96. The molecule has 26 heavy (non-hydrogen) atoms. The maximum Gasteiger partial charge on any atom is 0.271 e. The van der Waals surface area contributed by atoms with E-state index in [0.717, 1.165) is 5.57 Å². The van der Waals surface area contributed by atoms with Crippen LogP contribution in [0.25, 0.3) is 0 Å². The summed E-state index contributed by atoms with van der Waals surface area (Å²) in [4.78, 5) is 28.8. The number of nitrogens with two attached hydrogens (primary N) is 1. The van der Waals surface area contributed by atoms with Gasteiger partial charge in [-0.25, -0.2) is 10.0 Å². The maximum absolute atomic E-state index is 12.5. The topological polar surface area (TPSA) is 117 Å². The molecular formula is C17H18N6O3. The molecule has 0 spiro atoms. The Morgan fingerprint density at radius 2 is 2.23 bits per heavy atom. The number of aliphatic imine (C=N–C) groups is 1. The van der Waals surface area contributed by atoms with Crippen LogP contribution >= 0.6 is 0 Å². The molecule has 3 rings (SSSR count). The summed E-state index contributed by atoms with van der Waals surface area (Å²) in [6.45, 7) is 4.21. The van der Waals surface area contributed by atoms with Gasteiger partial charge in [0.1, 0.15) is 6.54 Å². The fraction of sp³-hybridized carbons (Fsp3) is 0.235. The van der Waals surface area contributed by atoms with Crippen molar-refractivity contribution < 1.29 is 9.72 Å². The van der Waals surface area contributed by atoms with E-state index in [0.29, 0.717) is 23.8 Å². The Balaban J connectivity index is 1.96. The standard InChI is InChI=1S/C17H18N6O3/c1-3-4-5-11(2)9-22-15(24)10-21-14-7-6-12(23(25)26)8-13(14)19-16(18)17(21)20-22/h3-8H,9-10H2,1-2H3,(H2,18,19)/b4-3-,11-5+. The second-order valence-corrected chi connectivity index (χ2v) is 5.93. The number of amides is 1. The highest BCUT2D eigenvalue weighted by atomic mass is 16.6. The van der Waals surface area contributed by atoms with Crippen molar-refractivity contribution in [3.05, 3.63) is 52.1 Å². The lowest BCUT2D eigenvalue weighted by atomic mass is 10.1. The van der Waals surface area contributed by atoms with Crippen molar-refractivity contribution in [2.24, 2.45) is 15.8 Å². The van der Waals surface area contributed by atoms with Crippen molar-refractivity contribution >= 4 is 34.6 Å². The number of carbonyl (C=O) groups excluding carboxylic acids is 1. The SMILES string of the molecule is C/C=C\C=C(/C)CN1N=C2C(N)=Nc3cc([N+](=O)[O-])ccc3N2CC1=O. The van der Waals surface area contributed by atoms with Crippen LogP contribution in [0.2, 0.25) is 0 Å². The monoisotopic (exact) mass is 354 g/mol. The van der Waals surface area contributed by atoms with Gasteiger partial charge in [-0.1, -0.05) is 23.8 Å². The van der Waals surface area contributed by atoms with E-state index in [1.54, 1.807) is 11.0 Å². The predicted molar refractivity (Wildman–Crippen MR) is 99.4 cm³/mol. The molecule has 0 radical (unpaired) electrons. The minimum Gasteiger partial charge on any atom is -0.381 e. The van der Waals surface area contributed by atoms with Crippen LogP contribution in [-0.2, 0) is 4.79 Å². The minimum absolute atomic E-state index is 0.0385. The molecule has 9 heteroatoms. The summed E-state index contributed by atoms with van der Waals surface area (Å²) in [5.74, 6) is 0.288. The number of amidine groups is 2. The zero-order valence-corrected chi connectivity index (χ0v) is 14.4. The van der Waals surface area contributed by atoms with Gasteiger partial charge in [0, 0.05) is 12.1 Å². The zero-order valence-electron chi connectivity index (χ0n) is 14.4. The van der Waals surface area contributed by atoms with E-state index in [9.17, 15) is 14.9 Å². The van der Waals surface area contributed by atoms with Gasteiger partial charge in [0.25, 0.3) is 11.6 Å². The first-order chi connectivity index (χ1) is 12.4. The molecule has 0 aromatic heterocycles. The molecule has 0 unspecified atom stereocenters. The average Bonchev–Trinajstić information content (AvgIpc) is 2.60. The first-order valence-electron chi connectivity index (χ1n) is 7.98. The van der Waals surface area contributed by atoms with E-state index in [4.69, 9.17) is 5.73 Å². The number of benzene rings is 1. The van der Waals surface area contributed by atoms with Gasteiger partial charge < -0.3 is 10.6 Å². The first kappa shape index (κ1) is 17.3. The number of carbonyl (C=O) groups is 1. The molecule has 0 bridgehead atoms. The van der Waals surface area contributed by atoms with Crippen molar-refractivity contribution in [2.75, 3.05) is 18.0 Å². The molecule has 134 valence electrons. The van der Waals surface area contributed by atoms with Gasteiger partial charge in [0.15, 0.2) is 11.7 Å². The number of hydrogen-bond acceptors (Lipinski definition) is 7. The van der Waals surface area contributed by atoms with Crippen molar-refractivity contribution in [1.29, 1.82) is 0 Å². The van der Waals surface area contributed by atoms with E-state index in [2.05, 4.69) is 10.1 Å². The lowest BCUT2D eigenvalue weighted by Gasteiger charge is -2.35. The lowest BCUT2D eigenvalue weighted by molar-refractivity contribution is -0.384. The number of anilines is 1. The van der Waals surface area contributed by atoms with E-state index >= 15 is 0 Å². The third kappa shape index (κ3) is 3.18. The van der Waals surface area contributed by atoms with Gasteiger partial charge in [-0.3, -0.25) is 14.9 Å². The highest BCUT2D eigenvalue weighted by Gasteiger charge is 2.34. The number of non-ortho nitro benzene ring substituents is 1. The van der Waals surface area contributed by atoms with Crippen LogP contribution in [-0.4, -0.2) is 40.6 Å². The summed E-state index contributed by atoms with van der Waals surface area (Å²) in [6, 6.07) is 4.26. The van der Waals surface area contributed by atoms with Crippen LogP contribution < -0.4 is 10.6 Å². The lowest BCUT2D eigenvalue weighted by Crippen LogP contribution is -2.53. The number of fused-ring (bicyclic) bond motifs is 3. The smallest absolute Gasteiger partial charge is 0.271 e. The van der Waals surface area contributed by atoms with Gasteiger partial charge in [-0.2, -0.15) is 0 Å². The van der Waals surface area contributed by atoms with Gasteiger partial charge in [-0.15, -0.1) is 5.10 Å². The molecule has 0 aliphatic carbocycles. The number of hydrazone groups is 1. The molecule has 0 saturated heterocycles. The summed E-state index contributed by atoms with van der Waals surface area (Å²) in [7, 11) is 0. The fourth-order valence-corrected chi connectivity index (χ4v) is 2.70. The maximum atomic E-state index is 12.5. The number of nitro groups is 1. The first-order valence-corrected chi connectivity index (χ1v) is 7.98. The number of allylic oxidation sites excluding steroid dienone is 3. The van der Waals surface area contributed by atoms with E-state index in [1.807, 2.05) is 32.1 Å². The van der Waals surface area contributed by atoms with Crippen LogP contribution in [0, 0.1) is 10.1 Å². The molecule has 1 amide bonds. The van der Waals surface area contributed by atoms with Gasteiger partial charge in [-0.05, 0) is 19.9 Å². The summed E-state index contributed by atoms with van der Waals surface area (Å²) in [5.41, 5.74) is 7.79. The van der Waals surface area contributed by atoms with Gasteiger partial charge >= 0.3 is 0 Å². The van der Waals surface area contributed by atoms with Gasteiger partial charge in [0.2, 0.25) is 0 Å². The number of nitro benzene ring substituents is 1. The Morgan fingerprint density at radius 3 is 2.92 bits per heavy atom. The molecule has 1 aromatic carbocycles. The van der Waals surface area contributed by atoms with Crippen LogP contribution in [0.1, 0.15) is 13.8 Å². The summed E-state index contributed by atoms with van der Waals surface area (Å²) in [6.07, 6.45) is 5.70. The Bertz CT molecular complexity index is 900. The molecule has 2 heterocycles. The quantitative estimate of drug-likeness (QED) is 0.504. The third-order valence-corrected chi connectivity index (χ3v) is 3.96. The molecule has 2 aliphatic heterocycles. The molecular weight excluding hydrogens is 336 g/mol. The molecule has 0 saturated carbocycles. The van der Waals surface area contributed by atoms with Crippen LogP contribution in [0.15, 0.2) is 52.1 Å². The Morgan fingerprint density at radius 1 is 1.46 bits per heavy atom. The van der Waals surface area contributed by atoms with E-state index < -0.39 is 4.92 Å². The largest absolute Gasteiger partial charge is 0.381 e. The average molecular weight is 354 g/mol. The van der Waals surface area contributed by atoms with E-state index in [-0.39, 0.29) is 24.0 Å². The molecule has 2 aliphatic rings. The Kier molecular flexibility index (Phi) is 4.53.